The van der Waals surface area contributed by atoms with Crippen molar-refractivity contribution in [1.29, 1.82) is 5.26 Å². The fourth-order valence-corrected chi connectivity index (χ4v) is 4.64. The molecule has 0 atom stereocenters. The van der Waals surface area contributed by atoms with Gasteiger partial charge in [-0.05, 0) is 86.8 Å². The Balaban J connectivity index is 1.34. The fourth-order valence-electron chi connectivity index (χ4n) is 4.64. The summed E-state index contributed by atoms with van der Waals surface area (Å²) in [6.07, 6.45) is 11.8. The van der Waals surface area contributed by atoms with E-state index in [2.05, 4.69) is 10.8 Å². The van der Waals surface area contributed by atoms with Gasteiger partial charge in [0.1, 0.15) is 5.75 Å². The smallest absolute Gasteiger partial charge is 0.406 e. The van der Waals surface area contributed by atoms with Gasteiger partial charge in [-0.25, -0.2) is 0 Å². The zero-order chi connectivity index (χ0) is 22.1. The molecule has 0 aliphatic heterocycles. The Morgan fingerprint density at radius 3 is 2.23 bits per heavy atom. The number of hydrogen-bond acceptors (Lipinski definition) is 3. The second kappa shape index (κ2) is 11.4. The Hall–Kier alpha value is -2.26. The number of nitriles is 1. The Morgan fingerprint density at radius 2 is 1.61 bits per heavy atom. The first-order chi connectivity index (χ1) is 14.9. The van der Waals surface area contributed by atoms with Crippen LogP contribution in [0.15, 0.2) is 48.6 Å². The van der Waals surface area contributed by atoms with Gasteiger partial charge in [-0.2, -0.15) is 5.26 Å². The number of nitrogens with zero attached hydrogens (tertiary/aromatic N) is 1. The van der Waals surface area contributed by atoms with Crippen LogP contribution in [-0.2, 0) is 4.74 Å². The van der Waals surface area contributed by atoms with Crippen LogP contribution in [0, 0.1) is 23.2 Å². The van der Waals surface area contributed by atoms with Gasteiger partial charge < -0.3 is 9.47 Å². The molecule has 1 aromatic carbocycles. The van der Waals surface area contributed by atoms with Crippen molar-refractivity contribution in [3.8, 4) is 11.8 Å². The topological polar surface area (TPSA) is 42.2 Å². The first-order valence-electron chi connectivity index (χ1n) is 11.1. The Labute approximate surface area is 182 Å². The minimum absolute atomic E-state index is 0.165. The van der Waals surface area contributed by atoms with Gasteiger partial charge in [-0.15, -0.1) is 13.2 Å². The number of ether oxygens (including phenoxy) is 2. The maximum atomic E-state index is 12.3. The molecular formula is C25H30F3NO2. The number of benzene rings is 1. The van der Waals surface area contributed by atoms with Gasteiger partial charge in [0.05, 0.1) is 12.2 Å². The van der Waals surface area contributed by atoms with Gasteiger partial charge >= 0.3 is 6.36 Å². The first kappa shape index (κ1) is 23.4. The second-order valence-electron chi connectivity index (χ2n) is 8.58. The molecule has 31 heavy (non-hydrogen) atoms. The molecule has 3 rings (SSSR count). The third kappa shape index (κ3) is 8.06. The molecule has 0 bridgehead atoms. The number of allylic oxidation sites excluding steroid dienone is 4. The number of rotatable bonds is 7. The predicted molar refractivity (Wildman–Crippen MR) is 113 cm³/mol. The van der Waals surface area contributed by atoms with E-state index in [0.717, 1.165) is 63.5 Å². The summed E-state index contributed by atoms with van der Waals surface area (Å²) in [5, 5.41) is 8.49. The summed E-state index contributed by atoms with van der Waals surface area (Å²) in [6.45, 7) is 0.807. The molecule has 0 aromatic heterocycles. The normalized spacial score (nSPS) is 27.4. The molecule has 1 aromatic rings. The first-order valence-corrected chi connectivity index (χ1v) is 11.1. The molecule has 2 aliphatic rings. The molecule has 6 heteroatoms. The highest BCUT2D eigenvalue weighted by Crippen LogP contribution is 2.37. The van der Waals surface area contributed by atoms with Crippen LogP contribution in [0.1, 0.15) is 62.8 Å². The van der Waals surface area contributed by atoms with Crippen LogP contribution < -0.4 is 4.74 Å². The summed E-state index contributed by atoms with van der Waals surface area (Å²) < 4.78 is 47.0. The molecule has 168 valence electrons. The lowest BCUT2D eigenvalue weighted by Crippen LogP contribution is -2.25. The Morgan fingerprint density at radius 1 is 0.935 bits per heavy atom. The van der Waals surface area contributed by atoms with E-state index in [-0.39, 0.29) is 5.75 Å². The maximum Gasteiger partial charge on any atom is 0.573 e. The highest BCUT2D eigenvalue weighted by Gasteiger charge is 2.31. The average molecular weight is 434 g/mol. The zero-order valence-corrected chi connectivity index (χ0v) is 17.7. The van der Waals surface area contributed by atoms with Gasteiger partial charge in [-0.1, -0.05) is 30.4 Å². The van der Waals surface area contributed by atoms with Crippen LogP contribution >= 0.6 is 0 Å². The molecule has 0 amide bonds. The zero-order valence-electron chi connectivity index (χ0n) is 17.7. The van der Waals surface area contributed by atoms with E-state index in [1.165, 1.54) is 18.2 Å². The van der Waals surface area contributed by atoms with Gasteiger partial charge in [0.15, 0.2) is 0 Å². The summed E-state index contributed by atoms with van der Waals surface area (Å²) in [4.78, 5) is 0. The minimum Gasteiger partial charge on any atom is -0.406 e. The molecule has 0 radical (unpaired) electrons. The Bertz CT molecular complexity index is 763. The van der Waals surface area contributed by atoms with Crippen molar-refractivity contribution in [2.24, 2.45) is 11.8 Å². The number of halogens is 3. The minimum atomic E-state index is -4.65. The highest BCUT2D eigenvalue weighted by molar-refractivity contribution is 5.29. The van der Waals surface area contributed by atoms with Crippen LogP contribution in [0.3, 0.4) is 0 Å². The fraction of sp³-hybridized carbons (Fsp3) is 0.560. The Kier molecular flexibility index (Phi) is 8.60. The van der Waals surface area contributed by atoms with E-state index in [4.69, 9.17) is 10.00 Å². The lowest BCUT2D eigenvalue weighted by Gasteiger charge is -2.32. The summed E-state index contributed by atoms with van der Waals surface area (Å²) in [6, 6.07) is 8.31. The van der Waals surface area contributed by atoms with Gasteiger partial charge in [0, 0.05) is 12.7 Å². The number of hydrogen-bond donors (Lipinski definition) is 0. The van der Waals surface area contributed by atoms with Gasteiger partial charge in [-0.3, -0.25) is 0 Å². The lowest BCUT2D eigenvalue weighted by molar-refractivity contribution is -0.274. The SMILES string of the molecule is N#C/C=C/C=C/[C@H]1CC[C@H](OC[C@H]2CC[C@H](c3ccc(OC(F)(F)F)cc3)CC2)CC1. The molecule has 0 heterocycles. The standard InChI is InChI=1S/C25H30F3NO2/c26-25(27,28)31-24-15-11-22(12-16-24)21-9-5-20(6-10-21)18-30-23-13-7-19(8-14-23)4-2-1-3-17-29/h1-4,11-12,15-16,19-21,23H,5-10,13-14,18H2/b3-1+,4-2+/t19-,20-,21-,23-. The number of alkyl halides is 3. The molecule has 0 spiro atoms. The maximum absolute atomic E-state index is 12.3. The molecule has 0 unspecified atom stereocenters. The van der Waals surface area contributed by atoms with Crippen LogP contribution in [0.2, 0.25) is 0 Å². The van der Waals surface area contributed by atoms with E-state index in [0.29, 0.717) is 23.9 Å². The van der Waals surface area contributed by atoms with Crippen LogP contribution in [0.25, 0.3) is 0 Å². The predicted octanol–water partition coefficient (Wildman–Crippen LogP) is 7.07. The van der Waals surface area contributed by atoms with Crippen molar-refractivity contribution >= 4 is 0 Å². The monoisotopic (exact) mass is 433 g/mol. The van der Waals surface area contributed by atoms with E-state index in [9.17, 15) is 13.2 Å². The molecular weight excluding hydrogens is 403 g/mol. The summed E-state index contributed by atoms with van der Waals surface area (Å²) >= 11 is 0. The van der Waals surface area contributed by atoms with E-state index >= 15 is 0 Å². The molecule has 2 fully saturated rings. The van der Waals surface area contributed by atoms with Crippen molar-refractivity contribution in [1.82, 2.24) is 0 Å². The van der Waals surface area contributed by atoms with Gasteiger partial charge in [0.2, 0.25) is 0 Å². The van der Waals surface area contributed by atoms with Crippen molar-refractivity contribution in [2.45, 2.75) is 69.8 Å². The third-order valence-corrected chi connectivity index (χ3v) is 6.38. The molecule has 2 saturated carbocycles. The average Bonchev–Trinajstić information content (AvgIpc) is 2.76. The molecule has 0 saturated heterocycles. The van der Waals surface area contributed by atoms with Crippen molar-refractivity contribution in [3.63, 3.8) is 0 Å². The lowest BCUT2D eigenvalue weighted by atomic mass is 9.79. The van der Waals surface area contributed by atoms with Crippen LogP contribution in [-0.4, -0.2) is 19.1 Å². The van der Waals surface area contributed by atoms with Crippen molar-refractivity contribution < 1.29 is 22.6 Å². The molecule has 0 N–H and O–H groups in total. The molecule has 3 nitrogen and oxygen atoms in total. The third-order valence-electron chi connectivity index (χ3n) is 6.38. The quantitative estimate of drug-likeness (QED) is 0.341. The highest BCUT2D eigenvalue weighted by atomic mass is 19.4. The van der Waals surface area contributed by atoms with E-state index in [1.807, 2.05) is 12.1 Å². The summed E-state index contributed by atoms with van der Waals surface area (Å²) in [5.41, 5.74) is 1.09. The molecule has 2 aliphatic carbocycles. The van der Waals surface area contributed by atoms with Crippen molar-refractivity contribution in [2.75, 3.05) is 6.61 Å². The van der Waals surface area contributed by atoms with Crippen LogP contribution in [0.5, 0.6) is 5.75 Å². The van der Waals surface area contributed by atoms with Gasteiger partial charge in [0.25, 0.3) is 0 Å². The van der Waals surface area contributed by atoms with Crippen molar-refractivity contribution in [3.05, 3.63) is 54.1 Å². The largest absolute Gasteiger partial charge is 0.573 e. The second-order valence-corrected chi connectivity index (χ2v) is 8.58. The van der Waals surface area contributed by atoms with E-state index < -0.39 is 6.36 Å². The van der Waals surface area contributed by atoms with Crippen LogP contribution in [0.4, 0.5) is 13.2 Å². The summed E-state index contributed by atoms with van der Waals surface area (Å²) in [5.74, 6) is 1.38. The van der Waals surface area contributed by atoms with E-state index in [1.54, 1.807) is 18.2 Å². The summed E-state index contributed by atoms with van der Waals surface area (Å²) in [7, 11) is 0.